The zero-order valence-electron chi connectivity index (χ0n) is 12.6. The maximum absolute atomic E-state index is 12.3. The predicted molar refractivity (Wildman–Crippen MR) is 85.4 cm³/mol. The Morgan fingerprint density at radius 1 is 1.18 bits per heavy atom. The summed E-state index contributed by atoms with van der Waals surface area (Å²) in [4.78, 5) is 16.8. The zero-order valence-corrected chi connectivity index (χ0v) is 13.4. The van der Waals surface area contributed by atoms with Crippen LogP contribution in [0.2, 0.25) is 0 Å². The van der Waals surface area contributed by atoms with E-state index in [0.717, 1.165) is 39.1 Å². The van der Waals surface area contributed by atoms with E-state index in [1.165, 1.54) is 5.56 Å². The number of amides is 1. The van der Waals surface area contributed by atoms with Crippen molar-refractivity contribution in [3.05, 3.63) is 35.0 Å². The van der Waals surface area contributed by atoms with Crippen LogP contribution in [0, 0.1) is 0 Å². The Morgan fingerprint density at radius 2 is 2.05 bits per heavy atom. The molecule has 0 spiro atoms. The van der Waals surface area contributed by atoms with E-state index in [2.05, 4.69) is 31.9 Å². The minimum absolute atomic E-state index is 0.228. The Bertz CT molecular complexity index is 569. The van der Waals surface area contributed by atoms with E-state index in [0.29, 0.717) is 13.0 Å². The van der Waals surface area contributed by atoms with Crippen LogP contribution < -0.4 is 0 Å². The van der Waals surface area contributed by atoms with Gasteiger partial charge in [-0.25, -0.2) is 0 Å². The lowest BCUT2D eigenvalue weighted by molar-refractivity contribution is -0.131. The van der Waals surface area contributed by atoms with Crippen molar-refractivity contribution in [1.29, 1.82) is 0 Å². The average molecular weight is 319 g/mol. The van der Waals surface area contributed by atoms with Crippen molar-refractivity contribution in [2.75, 3.05) is 26.2 Å². The molecule has 0 aliphatic carbocycles. The van der Waals surface area contributed by atoms with Gasteiger partial charge in [-0.15, -0.1) is 10.2 Å². The summed E-state index contributed by atoms with van der Waals surface area (Å²) in [6.07, 6.45) is 4.86. The molecule has 118 valence electrons. The van der Waals surface area contributed by atoms with Crippen LogP contribution in [0.3, 0.4) is 0 Å². The van der Waals surface area contributed by atoms with Crippen molar-refractivity contribution in [3.63, 3.8) is 0 Å². The molecule has 0 atom stereocenters. The Balaban J connectivity index is 1.46. The molecule has 3 rings (SSSR count). The van der Waals surface area contributed by atoms with Gasteiger partial charge in [-0.2, -0.15) is 11.3 Å². The largest absolute Gasteiger partial charge is 0.341 e. The van der Waals surface area contributed by atoms with Crippen LogP contribution in [0.4, 0.5) is 0 Å². The lowest BCUT2D eigenvalue weighted by atomic mass is 10.3. The number of thiophene rings is 1. The van der Waals surface area contributed by atoms with Gasteiger partial charge in [0.05, 0.1) is 0 Å². The molecule has 1 saturated heterocycles. The predicted octanol–water partition coefficient (Wildman–Crippen LogP) is 1.46. The second-order valence-electron chi connectivity index (χ2n) is 5.59. The highest BCUT2D eigenvalue weighted by molar-refractivity contribution is 7.07. The molecule has 0 saturated carbocycles. The minimum atomic E-state index is 0.228. The molecule has 1 fully saturated rings. The molecule has 2 aromatic rings. The third-order valence-electron chi connectivity index (χ3n) is 3.98. The SMILES string of the molecule is O=C(CCn1cnnc1)N1CCCN(Cc2ccsc2)CC1. The Morgan fingerprint density at radius 3 is 2.82 bits per heavy atom. The maximum Gasteiger partial charge on any atom is 0.224 e. The summed E-state index contributed by atoms with van der Waals surface area (Å²) >= 11 is 1.74. The number of hydrogen-bond donors (Lipinski definition) is 0. The van der Waals surface area contributed by atoms with E-state index < -0.39 is 0 Å². The van der Waals surface area contributed by atoms with Crippen molar-refractivity contribution in [3.8, 4) is 0 Å². The Kier molecular flexibility index (Phi) is 5.18. The number of carbonyl (C=O) groups excluding carboxylic acids is 1. The van der Waals surface area contributed by atoms with E-state index in [1.807, 2.05) is 9.47 Å². The van der Waals surface area contributed by atoms with E-state index in [9.17, 15) is 4.79 Å². The van der Waals surface area contributed by atoms with Gasteiger partial charge in [0.2, 0.25) is 5.91 Å². The van der Waals surface area contributed by atoms with E-state index in [-0.39, 0.29) is 5.91 Å². The highest BCUT2D eigenvalue weighted by Crippen LogP contribution is 2.12. The number of rotatable bonds is 5. The first-order valence-corrected chi connectivity index (χ1v) is 8.59. The molecule has 1 amide bonds. The zero-order chi connectivity index (χ0) is 15.2. The van der Waals surface area contributed by atoms with Gasteiger partial charge < -0.3 is 9.47 Å². The molecule has 1 aliphatic rings. The summed E-state index contributed by atoms with van der Waals surface area (Å²) in [5, 5.41) is 11.8. The first kappa shape index (κ1) is 15.2. The molecule has 6 nitrogen and oxygen atoms in total. The lowest BCUT2D eigenvalue weighted by Crippen LogP contribution is -2.35. The average Bonchev–Trinajstić information content (AvgIpc) is 3.16. The maximum atomic E-state index is 12.3. The molecule has 2 aromatic heterocycles. The summed E-state index contributed by atoms with van der Waals surface area (Å²) in [5.74, 6) is 0.228. The number of hydrogen-bond acceptors (Lipinski definition) is 5. The summed E-state index contributed by atoms with van der Waals surface area (Å²) in [7, 11) is 0. The Labute approximate surface area is 134 Å². The molecule has 0 bridgehead atoms. The molecular formula is C15H21N5OS. The summed E-state index contributed by atoms with van der Waals surface area (Å²) in [6.45, 7) is 5.35. The number of aryl methyl sites for hydroxylation is 1. The van der Waals surface area contributed by atoms with Crippen LogP contribution in [-0.4, -0.2) is 56.7 Å². The molecule has 22 heavy (non-hydrogen) atoms. The molecule has 0 radical (unpaired) electrons. The fraction of sp³-hybridized carbons (Fsp3) is 0.533. The van der Waals surface area contributed by atoms with Crippen LogP contribution in [0.15, 0.2) is 29.5 Å². The van der Waals surface area contributed by atoms with Crippen LogP contribution in [0.25, 0.3) is 0 Å². The van der Waals surface area contributed by atoms with Gasteiger partial charge in [0, 0.05) is 45.7 Å². The minimum Gasteiger partial charge on any atom is -0.341 e. The third kappa shape index (κ3) is 4.14. The summed E-state index contributed by atoms with van der Waals surface area (Å²) in [5.41, 5.74) is 1.37. The van der Waals surface area contributed by atoms with Crippen molar-refractivity contribution >= 4 is 17.2 Å². The number of nitrogens with zero attached hydrogens (tertiary/aromatic N) is 5. The standard InChI is InChI=1S/C15H21N5OS/c21-15(2-6-19-12-16-17-13-19)20-5-1-4-18(7-8-20)10-14-3-9-22-11-14/h3,9,11-13H,1-2,4-8,10H2. The highest BCUT2D eigenvalue weighted by Gasteiger charge is 2.19. The lowest BCUT2D eigenvalue weighted by Gasteiger charge is -2.22. The van der Waals surface area contributed by atoms with Crippen LogP contribution in [0.1, 0.15) is 18.4 Å². The van der Waals surface area contributed by atoms with Gasteiger partial charge in [-0.1, -0.05) is 0 Å². The molecule has 0 aromatic carbocycles. The van der Waals surface area contributed by atoms with Crippen molar-refractivity contribution in [2.45, 2.75) is 25.9 Å². The fourth-order valence-corrected chi connectivity index (χ4v) is 3.40. The normalized spacial score (nSPS) is 16.6. The second kappa shape index (κ2) is 7.51. The van der Waals surface area contributed by atoms with Crippen LogP contribution in [-0.2, 0) is 17.9 Å². The van der Waals surface area contributed by atoms with Crippen LogP contribution >= 0.6 is 11.3 Å². The van der Waals surface area contributed by atoms with Gasteiger partial charge >= 0.3 is 0 Å². The summed E-state index contributed by atoms with van der Waals surface area (Å²) < 4.78 is 1.85. The quantitative estimate of drug-likeness (QED) is 0.837. The van der Waals surface area contributed by atoms with Gasteiger partial charge in [0.15, 0.2) is 0 Å². The summed E-state index contributed by atoms with van der Waals surface area (Å²) in [6, 6.07) is 2.18. The van der Waals surface area contributed by atoms with Crippen LogP contribution in [0.5, 0.6) is 0 Å². The monoisotopic (exact) mass is 319 g/mol. The van der Waals surface area contributed by atoms with Gasteiger partial charge in [-0.05, 0) is 28.8 Å². The molecule has 7 heteroatoms. The first-order chi connectivity index (χ1) is 10.8. The number of aromatic nitrogens is 3. The smallest absolute Gasteiger partial charge is 0.224 e. The highest BCUT2D eigenvalue weighted by atomic mass is 32.1. The first-order valence-electron chi connectivity index (χ1n) is 7.65. The van der Waals surface area contributed by atoms with E-state index >= 15 is 0 Å². The Hall–Kier alpha value is -1.73. The molecule has 0 unspecified atom stereocenters. The van der Waals surface area contributed by atoms with E-state index in [4.69, 9.17) is 0 Å². The number of carbonyl (C=O) groups is 1. The molecule has 1 aliphatic heterocycles. The topological polar surface area (TPSA) is 54.3 Å². The molecular weight excluding hydrogens is 298 g/mol. The van der Waals surface area contributed by atoms with Gasteiger partial charge in [0.25, 0.3) is 0 Å². The van der Waals surface area contributed by atoms with Crippen molar-refractivity contribution in [1.82, 2.24) is 24.6 Å². The molecule has 0 N–H and O–H groups in total. The van der Waals surface area contributed by atoms with Gasteiger partial charge in [0.1, 0.15) is 12.7 Å². The van der Waals surface area contributed by atoms with Gasteiger partial charge in [-0.3, -0.25) is 9.69 Å². The second-order valence-corrected chi connectivity index (χ2v) is 6.37. The fourth-order valence-electron chi connectivity index (χ4n) is 2.74. The van der Waals surface area contributed by atoms with E-state index in [1.54, 1.807) is 24.0 Å². The van der Waals surface area contributed by atoms with Crippen molar-refractivity contribution in [2.24, 2.45) is 0 Å². The third-order valence-corrected chi connectivity index (χ3v) is 4.71. The molecule has 3 heterocycles. The van der Waals surface area contributed by atoms with Crippen molar-refractivity contribution < 1.29 is 4.79 Å².